The minimum absolute atomic E-state index is 0.259. The molecule has 9 heteroatoms. The highest BCUT2D eigenvalue weighted by molar-refractivity contribution is 5.62. The summed E-state index contributed by atoms with van der Waals surface area (Å²) in [5.74, 6) is 0.267. The molecule has 0 atom stereocenters. The third-order valence-electron chi connectivity index (χ3n) is 4.11. The van der Waals surface area contributed by atoms with E-state index >= 15 is 0 Å². The van der Waals surface area contributed by atoms with Gasteiger partial charge in [0.05, 0.1) is 13.2 Å². The Kier molecular flexibility index (Phi) is 6.46. The Hall–Kier alpha value is -2.39. The Morgan fingerprint density at radius 1 is 1.04 bits per heavy atom. The van der Waals surface area contributed by atoms with Gasteiger partial charge in [0.2, 0.25) is 5.95 Å². The number of anilines is 1. The fourth-order valence-electron chi connectivity index (χ4n) is 2.75. The van der Waals surface area contributed by atoms with Gasteiger partial charge < -0.3 is 14.8 Å². The monoisotopic (exact) mass is 382 g/mol. The van der Waals surface area contributed by atoms with Gasteiger partial charge in [-0.25, -0.2) is 9.97 Å². The second kappa shape index (κ2) is 9.01. The molecule has 1 aliphatic rings. The van der Waals surface area contributed by atoms with Crippen LogP contribution in [0.4, 0.5) is 19.1 Å². The van der Waals surface area contributed by atoms with Crippen LogP contribution in [0, 0.1) is 0 Å². The zero-order valence-corrected chi connectivity index (χ0v) is 14.7. The Balaban J connectivity index is 1.46. The number of aromatic nitrogens is 2. The van der Waals surface area contributed by atoms with Gasteiger partial charge in [-0.3, -0.25) is 4.90 Å². The van der Waals surface area contributed by atoms with E-state index < -0.39 is 6.36 Å². The van der Waals surface area contributed by atoms with E-state index in [-0.39, 0.29) is 5.75 Å². The molecule has 0 bridgehead atoms. The summed E-state index contributed by atoms with van der Waals surface area (Å²) >= 11 is 0. The maximum atomic E-state index is 12.2. The summed E-state index contributed by atoms with van der Waals surface area (Å²) in [5, 5.41) is 3.17. The van der Waals surface area contributed by atoms with E-state index in [1.807, 2.05) is 0 Å². The Bertz CT molecular complexity index is 702. The van der Waals surface area contributed by atoms with E-state index in [0.29, 0.717) is 17.1 Å². The third-order valence-corrected chi connectivity index (χ3v) is 4.11. The quantitative estimate of drug-likeness (QED) is 0.743. The Labute approximate surface area is 155 Å². The molecule has 3 rings (SSSR count). The molecule has 1 aliphatic heterocycles. The lowest BCUT2D eigenvalue weighted by atomic mass is 10.1. The minimum Gasteiger partial charge on any atom is -0.406 e. The smallest absolute Gasteiger partial charge is 0.406 e. The molecule has 0 aliphatic carbocycles. The van der Waals surface area contributed by atoms with Crippen LogP contribution in [0.15, 0.2) is 36.7 Å². The number of alkyl halides is 3. The molecule has 6 nitrogen and oxygen atoms in total. The van der Waals surface area contributed by atoms with Crippen LogP contribution >= 0.6 is 0 Å². The van der Waals surface area contributed by atoms with Crippen LogP contribution in [0.1, 0.15) is 6.42 Å². The van der Waals surface area contributed by atoms with Gasteiger partial charge in [0.15, 0.2) is 0 Å². The zero-order chi connectivity index (χ0) is 19.1. The average Bonchev–Trinajstić information content (AvgIpc) is 2.66. The van der Waals surface area contributed by atoms with E-state index in [9.17, 15) is 13.2 Å². The van der Waals surface area contributed by atoms with Gasteiger partial charge >= 0.3 is 6.36 Å². The van der Waals surface area contributed by atoms with Crippen molar-refractivity contribution in [1.29, 1.82) is 0 Å². The van der Waals surface area contributed by atoms with Gasteiger partial charge in [-0.1, -0.05) is 12.1 Å². The molecule has 1 saturated heterocycles. The highest BCUT2D eigenvalue weighted by Crippen LogP contribution is 2.26. The molecule has 0 spiro atoms. The van der Waals surface area contributed by atoms with Crippen LogP contribution in [0.3, 0.4) is 0 Å². The number of hydrogen-bond acceptors (Lipinski definition) is 6. The normalized spacial score (nSPS) is 15.5. The van der Waals surface area contributed by atoms with Crippen molar-refractivity contribution in [3.63, 3.8) is 0 Å². The van der Waals surface area contributed by atoms with Crippen LogP contribution < -0.4 is 10.1 Å². The summed E-state index contributed by atoms with van der Waals surface area (Å²) in [6.07, 6.45) is -0.445. The van der Waals surface area contributed by atoms with Gasteiger partial charge in [0.1, 0.15) is 5.75 Å². The minimum atomic E-state index is -4.69. The topological polar surface area (TPSA) is 59.5 Å². The summed E-state index contributed by atoms with van der Waals surface area (Å²) in [5.41, 5.74) is 1.43. The van der Waals surface area contributed by atoms with Crippen LogP contribution in [0.5, 0.6) is 5.75 Å². The van der Waals surface area contributed by atoms with Crippen LogP contribution in [0.2, 0.25) is 0 Å². The number of rotatable bonds is 7. The lowest BCUT2D eigenvalue weighted by molar-refractivity contribution is -0.274. The van der Waals surface area contributed by atoms with E-state index in [4.69, 9.17) is 4.74 Å². The summed E-state index contributed by atoms with van der Waals surface area (Å²) in [6.45, 7) is 5.29. The molecular weight excluding hydrogens is 361 g/mol. The van der Waals surface area contributed by atoms with Gasteiger partial charge in [0, 0.05) is 37.6 Å². The van der Waals surface area contributed by atoms with E-state index in [1.165, 1.54) is 24.3 Å². The van der Waals surface area contributed by atoms with Crippen LogP contribution in [-0.2, 0) is 4.74 Å². The molecule has 1 fully saturated rings. The molecule has 2 heterocycles. The largest absolute Gasteiger partial charge is 0.573 e. The molecule has 1 aromatic heterocycles. The third kappa shape index (κ3) is 6.37. The number of hydrogen-bond donors (Lipinski definition) is 1. The van der Waals surface area contributed by atoms with Crippen molar-refractivity contribution < 1.29 is 22.6 Å². The van der Waals surface area contributed by atoms with Crippen molar-refractivity contribution in [3.8, 4) is 16.9 Å². The molecular formula is C18H21F3N4O2. The predicted molar refractivity (Wildman–Crippen MR) is 94.5 cm³/mol. The zero-order valence-electron chi connectivity index (χ0n) is 14.7. The molecule has 1 aromatic carbocycles. The first-order valence-corrected chi connectivity index (χ1v) is 8.72. The number of ether oxygens (including phenoxy) is 2. The van der Waals surface area contributed by atoms with Crippen molar-refractivity contribution in [2.24, 2.45) is 0 Å². The molecule has 0 amide bonds. The highest BCUT2D eigenvalue weighted by Gasteiger charge is 2.30. The van der Waals surface area contributed by atoms with Crippen molar-refractivity contribution in [1.82, 2.24) is 14.9 Å². The maximum Gasteiger partial charge on any atom is 0.573 e. The predicted octanol–water partition coefficient (Wildman–Crippen LogP) is 3.18. The van der Waals surface area contributed by atoms with Crippen LogP contribution in [-0.4, -0.2) is 60.6 Å². The van der Waals surface area contributed by atoms with Crippen molar-refractivity contribution >= 4 is 5.95 Å². The number of morpholine rings is 1. The first kappa shape index (κ1) is 19.4. The molecule has 0 saturated carbocycles. The van der Waals surface area contributed by atoms with E-state index in [2.05, 4.69) is 24.9 Å². The molecule has 0 unspecified atom stereocenters. The Morgan fingerprint density at radius 3 is 2.33 bits per heavy atom. The van der Waals surface area contributed by atoms with Crippen LogP contribution in [0.25, 0.3) is 11.1 Å². The molecule has 1 N–H and O–H groups in total. The first-order chi connectivity index (χ1) is 13.0. The van der Waals surface area contributed by atoms with Gasteiger partial charge in [-0.2, -0.15) is 0 Å². The summed E-state index contributed by atoms with van der Waals surface area (Å²) < 4.78 is 45.7. The lowest BCUT2D eigenvalue weighted by Gasteiger charge is -2.26. The lowest BCUT2D eigenvalue weighted by Crippen LogP contribution is -2.37. The van der Waals surface area contributed by atoms with Gasteiger partial charge in [-0.15, -0.1) is 13.2 Å². The first-order valence-electron chi connectivity index (χ1n) is 8.72. The second-order valence-electron chi connectivity index (χ2n) is 6.10. The number of halogens is 3. The summed E-state index contributed by atoms with van der Waals surface area (Å²) in [6, 6.07) is 5.60. The Morgan fingerprint density at radius 2 is 1.70 bits per heavy atom. The number of nitrogens with zero attached hydrogens (tertiary/aromatic N) is 3. The standard InChI is InChI=1S/C18H21F3N4O2/c19-18(20,21)27-16-4-2-14(3-5-16)15-12-23-17(24-13-15)22-6-1-7-25-8-10-26-11-9-25/h2-5,12-13H,1,6-11H2,(H,22,23,24). The number of benzene rings is 1. The van der Waals surface area contributed by atoms with Gasteiger partial charge in [0.25, 0.3) is 0 Å². The highest BCUT2D eigenvalue weighted by atomic mass is 19.4. The van der Waals surface area contributed by atoms with E-state index in [1.54, 1.807) is 12.4 Å². The second-order valence-corrected chi connectivity index (χ2v) is 6.10. The fourth-order valence-corrected chi connectivity index (χ4v) is 2.75. The van der Waals surface area contributed by atoms with Crippen molar-refractivity contribution in [2.45, 2.75) is 12.8 Å². The molecule has 146 valence electrons. The van der Waals surface area contributed by atoms with Crippen molar-refractivity contribution in [2.75, 3.05) is 44.7 Å². The summed E-state index contributed by atoms with van der Waals surface area (Å²) in [4.78, 5) is 10.9. The van der Waals surface area contributed by atoms with E-state index in [0.717, 1.165) is 45.8 Å². The SMILES string of the molecule is FC(F)(F)Oc1ccc(-c2cnc(NCCCN3CCOCC3)nc2)cc1. The molecule has 2 aromatic rings. The van der Waals surface area contributed by atoms with Gasteiger partial charge in [-0.05, 0) is 30.7 Å². The maximum absolute atomic E-state index is 12.2. The number of nitrogens with one attached hydrogen (secondary N) is 1. The summed E-state index contributed by atoms with van der Waals surface area (Å²) in [7, 11) is 0. The molecule has 0 radical (unpaired) electrons. The molecule has 27 heavy (non-hydrogen) atoms. The fraction of sp³-hybridized carbons (Fsp3) is 0.444. The average molecular weight is 382 g/mol. The van der Waals surface area contributed by atoms with Crippen molar-refractivity contribution in [3.05, 3.63) is 36.7 Å².